The fraction of sp³-hybridized carbons (Fsp3) is 0.600. The third-order valence-electron chi connectivity index (χ3n) is 5.90. The number of urea groups is 1. The summed E-state index contributed by atoms with van der Waals surface area (Å²) < 4.78 is 5.37. The van der Waals surface area contributed by atoms with Crippen LogP contribution in [0.1, 0.15) is 18.9 Å². The molecule has 8 heteroatoms. The lowest BCUT2D eigenvalue weighted by Crippen LogP contribution is -2.66. The summed E-state index contributed by atoms with van der Waals surface area (Å²) in [5, 5.41) is 3.53. The molecule has 0 aliphatic carbocycles. The molecule has 8 nitrogen and oxygen atoms in total. The van der Waals surface area contributed by atoms with E-state index in [1.807, 2.05) is 6.92 Å². The maximum Gasteiger partial charge on any atom is 0.327 e. The fourth-order valence-corrected chi connectivity index (χ4v) is 4.43. The SMILES string of the molecule is CCOCCN1C(=O)C2C(NC3N(c4ccc(C)cc4)CCCN23)N(C)C1=O. The third kappa shape index (κ3) is 3.15. The van der Waals surface area contributed by atoms with Crippen LogP contribution >= 0.6 is 0 Å². The van der Waals surface area contributed by atoms with Crippen molar-refractivity contribution in [3.05, 3.63) is 29.8 Å². The number of hydrogen-bond acceptors (Lipinski definition) is 6. The number of imide groups is 1. The van der Waals surface area contributed by atoms with Gasteiger partial charge in [0, 0.05) is 32.4 Å². The number of carbonyl (C=O) groups is 2. The monoisotopic (exact) mass is 387 g/mol. The zero-order valence-electron chi connectivity index (χ0n) is 16.8. The number of nitrogens with zero attached hydrogens (tertiary/aromatic N) is 4. The van der Waals surface area contributed by atoms with Crippen LogP contribution < -0.4 is 10.2 Å². The minimum absolute atomic E-state index is 0.0995. The highest BCUT2D eigenvalue weighted by molar-refractivity contribution is 6.00. The minimum atomic E-state index is -0.373. The number of fused-ring (bicyclic) bond motifs is 3. The van der Waals surface area contributed by atoms with E-state index < -0.39 is 0 Å². The molecule has 3 fully saturated rings. The first kappa shape index (κ1) is 19.2. The van der Waals surface area contributed by atoms with E-state index in [9.17, 15) is 9.59 Å². The van der Waals surface area contributed by atoms with Crippen LogP contribution in [0.25, 0.3) is 0 Å². The van der Waals surface area contributed by atoms with E-state index >= 15 is 0 Å². The van der Waals surface area contributed by atoms with Gasteiger partial charge in [-0.25, -0.2) is 4.79 Å². The van der Waals surface area contributed by atoms with E-state index in [1.54, 1.807) is 11.9 Å². The maximum absolute atomic E-state index is 13.2. The number of nitrogens with one attached hydrogen (secondary N) is 1. The van der Waals surface area contributed by atoms with Gasteiger partial charge in [0.2, 0.25) is 0 Å². The van der Waals surface area contributed by atoms with Crippen LogP contribution in [0.3, 0.4) is 0 Å². The summed E-state index contributed by atoms with van der Waals surface area (Å²) in [5.41, 5.74) is 2.34. The highest BCUT2D eigenvalue weighted by atomic mass is 16.5. The van der Waals surface area contributed by atoms with E-state index in [4.69, 9.17) is 4.74 Å². The van der Waals surface area contributed by atoms with Crippen LogP contribution in [-0.4, -0.2) is 85.0 Å². The standard InChI is InChI=1S/C20H29N5O3/c1-4-28-13-12-25-18(26)16-17(22(3)20(25)27)21-19-23(10-5-11-24(16)19)15-8-6-14(2)7-9-15/h6-9,16-17,19,21H,4-5,10-13H2,1-3H3. The van der Waals surface area contributed by atoms with Crippen molar-refractivity contribution in [3.8, 4) is 0 Å². The molecule has 3 aliphatic rings. The Morgan fingerprint density at radius 2 is 1.93 bits per heavy atom. The number of hydrogen-bond donors (Lipinski definition) is 1. The van der Waals surface area contributed by atoms with Crippen molar-refractivity contribution in [2.24, 2.45) is 0 Å². The van der Waals surface area contributed by atoms with Crippen molar-refractivity contribution < 1.29 is 14.3 Å². The fourth-order valence-electron chi connectivity index (χ4n) is 4.43. The molecule has 0 aromatic heterocycles. The Labute approximate surface area is 166 Å². The first-order valence-corrected chi connectivity index (χ1v) is 10.0. The Bertz CT molecular complexity index is 740. The van der Waals surface area contributed by atoms with Crippen molar-refractivity contribution in [2.75, 3.05) is 44.8 Å². The highest BCUT2D eigenvalue weighted by Gasteiger charge is 2.55. The molecule has 0 spiro atoms. The number of benzene rings is 1. The second kappa shape index (κ2) is 7.69. The second-order valence-electron chi connectivity index (χ2n) is 7.63. The van der Waals surface area contributed by atoms with Crippen molar-refractivity contribution in [1.82, 2.24) is 20.0 Å². The lowest BCUT2D eigenvalue weighted by atomic mass is 10.1. The summed E-state index contributed by atoms with van der Waals surface area (Å²) >= 11 is 0. The van der Waals surface area contributed by atoms with Gasteiger partial charge in [0.25, 0.3) is 5.91 Å². The number of ether oxygens (including phenoxy) is 1. The van der Waals surface area contributed by atoms with Crippen molar-refractivity contribution in [3.63, 3.8) is 0 Å². The topological polar surface area (TPSA) is 68.4 Å². The average Bonchev–Trinajstić information content (AvgIpc) is 3.09. The van der Waals surface area contributed by atoms with Crippen LogP contribution in [-0.2, 0) is 9.53 Å². The van der Waals surface area contributed by atoms with Crippen LogP contribution in [0.5, 0.6) is 0 Å². The zero-order valence-corrected chi connectivity index (χ0v) is 16.8. The number of carbonyl (C=O) groups excluding carboxylic acids is 2. The molecule has 1 aromatic rings. The van der Waals surface area contributed by atoms with Gasteiger partial charge in [-0.1, -0.05) is 17.7 Å². The van der Waals surface area contributed by atoms with E-state index in [1.165, 1.54) is 10.5 Å². The van der Waals surface area contributed by atoms with Crippen LogP contribution in [0.2, 0.25) is 0 Å². The van der Waals surface area contributed by atoms with Gasteiger partial charge in [-0.15, -0.1) is 0 Å². The Morgan fingerprint density at radius 3 is 2.64 bits per heavy atom. The quantitative estimate of drug-likeness (QED) is 0.761. The van der Waals surface area contributed by atoms with Gasteiger partial charge in [0.1, 0.15) is 18.5 Å². The number of aryl methyl sites for hydroxylation is 1. The average molecular weight is 387 g/mol. The van der Waals surface area contributed by atoms with Gasteiger partial charge in [0.05, 0.1) is 13.2 Å². The molecule has 0 radical (unpaired) electrons. The Balaban J connectivity index is 1.58. The predicted octanol–water partition coefficient (Wildman–Crippen LogP) is 1.02. The number of rotatable bonds is 5. The lowest BCUT2D eigenvalue weighted by molar-refractivity contribution is -0.139. The molecule has 0 saturated carbocycles. The molecule has 3 amide bonds. The second-order valence-corrected chi connectivity index (χ2v) is 7.63. The molecule has 3 atom stereocenters. The molecule has 28 heavy (non-hydrogen) atoms. The van der Waals surface area contributed by atoms with Gasteiger partial charge in [-0.3, -0.25) is 19.9 Å². The van der Waals surface area contributed by atoms with Gasteiger partial charge in [-0.05, 0) is 32.4 Å². The smallest absolute Gasteiger partial charge is 0.327 e. The van der Waals surface area contributed by atoms with Crippen molar-refractivity contribution in [1.29, 1.82) is 0 Å². The largest absolute Gasteiger partial charge is 0.380 e. The van der Waals surface area contributed by atoms with E-state index in [0.717, 1.165) is 25.2 Å². The van der Waals surface area contributed by atoms with Gasteiger partial charge < -0.3 is 14.5 Å². The Hall–Kier alpha value is -2.16. The predicted molar refractivity (Wildman–Crippen MR) is 106 cm³/mol. The van der Waals surface area contributed by atoms with Crippen LogP contribution in [0, 0.1) is 6.92 Å². The number of amides is 3. The zero-order chi connectivity index (χ0) is 19.8. The Kier molecular flexibility index (Phi) is 5.27. The van der Waals surface area contributed by atoms with Gasteiger partial charge in [-0.2, -0.15) is 0 Å². The van der Waals surface area contributed by atoms with E-state index in [0.29, 0.717) is 19.8 Å². The van der Waals surface area contributed by atoms with Crippen LogP contribution in [0.4, 0.5) is 10.5 Å². The molecule has 3 heterocycles. The highest BCUT2D eigenvalue weighted by Crippen LogP contribution is 2.33. The third-order valence-corrected chi connectivity index (χ3v) is 5.90. The molecule has 3 aliphatic heterocycles. The molecule has 3 unspecified atom stereocenters. The number of anilines is 1. The van der Waals surface area contributed by atoms with E-state index in [-0.39, 0.29) is 30.4 Å². The summed E-state index contributed by atoms with van der Waals surface area (Å²) in [6.45, 7) is 6.95. The summed E-state index contributed by atoms with van der Waals surface area (Å²) in [4.78, 5) is 33.5. The van der Waals surface area contributed by atoms with Crippen LogP contribution in [0.15, 0.2) is 24.3 Å². The first-order valence-electron chi connectivity index (χ1n) is 10.0. The van der Waals surface area contributed by atoms with Crippen molar-refractivity contribution in [2.45, 2.75) is 38.8 Å². The summed E-state index contributed by atoms with van der Waals surface area (Å²) in [6, 6.07) is 7.81. The molecule has 1 aromatic carbocycles. The normalized spacial score (nSPS) is 28.0. The molecular formula is C20H29N5O3. The molecule has 4 rings (SSSR count). The maximum atomic E-state index is 13.2. The van der Waals surface area contributed by atoms with Gasteiger partial charge >= 0.3 is 6.03 Å². The van der Waals surface area contributed by atoms with Crippen molar-refractivity contribution >= 4 is 17.6 Å². The Morgan fingerprint density at radius 1 is 1.18 bits per heavy atom. The molecule has 1 N–H and O–H groups in total. The minimum Gasteiger partial charge on any atom is -0.380 e. The summed E-state index contributed by atoms with van der Waals surface area (Å²) in [7, 11) is 1.77. The summed E-state index contributed by atoms with van der Waals surface area (Å²) in [5.74, 6) is -0.131. The lowest BCUT2D eigenvalue weighted by Gasteiger charge is -2.43. The van der Waals surface area contributed by atoms with E-state index in [2.05, 4.69) is 46.3 Å². The summed E-state index contributed by atoms with van der Waals surface area (Å²) in [6.07, 6.45) is 0.552. The molecular weight excluding hydrogens is 358 g/mol. The van der Waals surface area contributed by atoms with Gasteiger partial charge in [0.15, 0.2) is 0 Å². The molecule has 152 valence electrons. The first-order chi connectivity index (χ1) is 13.5. The number of likely N-dealkylation sites (N-methyl/N-ethyl adjacent to an activating group) is 1. The molecule has 0 bridgehead atoms. The molecule has 3 saturated heterocycles.